The predicted octanol–water partition coefficient (Wildman–Crippen LogP) is 1.21. The number of aromatic amines is 1. The van der Waals surface area contributed by atoms with Gasteiger partial charge in [-0.1, -0.05) is 29.8 Å². The first kappa shape index (κ1) is 15.3. The summed E-state index contributed by atoms with van der Waals surface area (Å²) in [6.07, 6.45) is 3.23. The fraction of sp³-hybridized carbons (Fsp3) is 0.353. The second kappa shape index (κ2) is 6.24. The van der Waals surface area contributed by atoms with E-state index in [1.54, 1.807) is 0 Å². The zero-order chi connectivity index (χ0) is 16.4. The maximum absolute atomic E-state index is 12.6. The Morgan fingerprint density at radius 2 is 1.96 bits per heavy atom. The van der Waals surface area contributed by atoms with E-state index in [1.807, 2.05) is 24.0 Å². The number of nitrogens with zero attached hydrogens (tertiary/aromatic N) is 2. The minimum absolute atomic E-state index is 0.0570. The fourth-order valence-electron chi connectivity index (χ4n) is 3.01. The summed E-state index contributed by atoms with van der Waals surface area (Å²) in [5, 5.41) is 0. The van der Waals surface area contributed by atoms with Crippen molar-refractivity contribution < 1.29 is 4.79 Å². The predicted molar refractivity (Wildman–Crippen MR) is 86.2 cm³/mol. The van der Waals surface area contributed by atoms with Gasteiger partial charge in [0.1, 0.15) is 6.54 Å². The molecule has 0 saturated carbocycles. The molecule has 1 aromatic heterocycles. The Kier molecular flexibility index (Phi) is 4.14. The molecule has 1 fully saturated rings. The quantitative estimate of drug-likeness (QED) is 0.925. The molecule has 0 spiro atoms. The molecular formula is C17H19N3O3. The van der Waals surface area contributed by atoms with Crippen LogP contribution in [-0.2, 0) is 11.3 Å². The minimum atomic E-state index is -0.558. The minimum Gasteiger partial charge on any atom is -0.334 e. The molecule has 120 valence electrons. The molecule has 1 amide bonds. The molecule has 2 heterocycles. The number of rotatable bonds is 3. The van der Waals surface area contributed by atoms with Crippen molar-refractivity contribution in [1.29, 1.82) is 0 Å². The van der Waals surface area contributed by atoms with Crippen LogP contribution in [0.3, 0.4) is 0 Å². The third-order valence-corrected chi connectivity index (χ3v) is 4.24. The highest BCUT2D eigenvalue weighted by Crippen LogP contribution is 2.32. The number of aromatic nitrogens is 2. The average molecular weight is 313 g/mol. The molecular weight excluding hydrogens is 294 g/mol. The first-order valence-corrected chi connectivity index (χ1v) is 7.70. The van der Waals surface area contributed by atoms with Crippen molar-refractivity contribution in [3.05, 3.63) is 68.5 Å². The van der Waals surface area contributed by atoms with Gasteiger partial charge in [0.25, 0.3) is 5.56 Å². The standard InChI is InChI=1S/C17H19N3O3/c1-12-4-6-13(7-5-12)14-3-2-9-20(14)16(22)11-19-10-8-15(21)18-17(19)23/h4-8,10,14H,2-3,9,11H2,1H3,(H,18,21,23). The smallest absolute Gasteiger partial charge is 0.328 e. The van der Waals surface area contributed by atoms with E-state index in [4.69, 9.17) is 0 Å². The van der Waals surface area contributed by atoms with Crippen LogP contribution < -0.4 is 11.2 Å². The molecule has 0 radical (unpaired) electrons. The molecule has 1 unspecified atom stereocenters. The summed E-state index contributed by atoms with van der Waals surface area (Å²) in [6, 6.07) is 9.50. The van der Waals surface area contributed by atoms with Gasteiger partial charge in [0.2, 0.25) is 5.91 Å². The molecule has 1 saturated heterocycles. The van der Waals surface area contributed by atoms with Crippen molar-refractivity contribution in [2.24, 2.45) is 0 Å². The normalized spacial score (nSPS) is 17.4. The molecule has 23 heavy (non-hydrogen) atoms. The lowest BCUT2D eigenvalue weighted by molar-refractivity contribution is -0.132. The van der Waals surface area contributed by atoms with Crippen LogP contribution in [0.1, 0.15) is 30.0 Å². The number of H-pyrrole nitrogens is 1. The molecule has 6 heteroatoms. The van der Waals surface area contributed by atoms with E-state index in [-0.39, 0.29) is 18.5 Å². The van der Waals surface area contributed by atoms with Gasteiger partial charge in [0, 0.05) is 18.8 Å². The van der Waals surface area contributed by atoms with Gasteiger partial charge in [-0.3, -0.25) is 19.1 Å². The number of benzene rings is 1. The van der Waals surface area contributed by atoms with E-state index < -0.39 is 11.2 Å². The monoisotopic (exact) mass is 313 g/mol. The molecule has 0 bridgehead atoms. The molecule has 1 aromatic carbocycles. The molecule has 1 aliphatic heterocycles. The Balaban J connectivity index is 1.79. The van der Waals surface area contributed by atoms with Gasteiger partial charge in [-0.25, -0.2) is 4.79 Å². The summed E-state index contributed by atoms with van der Waals surface area (Å²) in [5.74, 6) is -0.109. The van der Waals surface area contributed by atoms with Crippen molar-refractivity contribution in [3.63, 3.8) is 0 Å². The van der Waals surface area contributed by atoms with Gasteiger partial charge in [0.15, 0.2) is 0 Å². The lowest BCUT2D eigenvalue weighted by Gasteiger charge is -2.25. The Labute approximate surface area is 133 Å². The number of nitrogens with one attached hydrogen (secondary N) is 1. The summed E-state index contributed by atoms with van der Waals surface area (Å²) < 4.78 is 1.23. The van der Waals surface area contributed by atoms with E-state index >= 15 is 0 Å². The molecule has 1 atom stereocenters. The lowest BCUT2D eigenvalue weighted by atomic mass is 10.0. The SMILES string of the molecule is Cc1ccc(C2CCCN2C(=O)Cn2ccc(=O)[nH]c2=O)cc1. The number of carbonyl (C=O) groups excluding carboxylic acids is 1. The molecule has 6 nitrogen and oxygen atoms in total. The lowest BCUT2D eigenvalue weighted by Crippen LogP contribution is -2.38. The van der Waals surface area contributed by atoms with Crippen molar-refractivity contribution in [3.8, 4) is 0 Å². The van der Waals surface area contributed by atoms with Gasteiger partial charge < -0.3 is 4.90 Å². The summed E-state index contributed by atoms with van der Waals surface area (Å²) in [5.41, 5.74) is 1.29. The van der Waals surface area contributed by atoms with Crippen LogP contribution in [0.5, 0.6) is 0 Å². The highest BCUT2D eigenvalue weighted by molar-refractivity contribution is 5.76. The van der Waals surface area contributed by atoms with Crippen molar-refractivity contribution in [2.75, 3.05) is 6.54 Å². The summed E-state index contributed by atoms with van der Waals surface area (Å²) in [6.45, 7) is 2.66. The van der Waals surface area contributed by atoms with Gasteiger partial charge in [0.05, 0.1) is 6.04 Å². The third-order valence-electron chi connectivity index (χ3n) is 4.24. The number of likely N-dealkylation sites (tertiary alicyclic amines) is 1. The highest BCUT2D eigenvalue weighted by atomic mass is 16.2. The van der Waals surface area contributed by atoms with Crippen LogP contribution in [0.15, 0.2) is 46.1 Å². The van der Waals surface area contributed by atoms with Crippen LogP contribution >= 0.6 is 0 Å². The maximum Gasteiger partial charge on any atom is 0.328 e. The van der Waals surface area contributed by atoms with Crippen LogP contribution in [0.2, 0.25) is 0 Å². The average Bonchev–Trinajstić information content (AvgIpc) is 3.00. The van der Waals surface area contributed by atoms with Gasteiger partial charge in [-0.15, -0.1) is 0 Å². The Hall–Kier alpha value is -2.63. The van der Waals surface area contributed by atoms with E-state index in [1.165, 1.54) is 22.4 Å². The Morgan fingerprint density at radius 1 is 1.22 bits per heavy atom. The molecule has 2 aromatic rings. The summed E-state index contributed by atoms with van der Waals surface area (Å²) >= 11 is 0. The van der Waals surface area contributed by atoms with Gasteiger partial charge in [-0.05, 0) is 25.3 Å². The number of hydrogen-bond acceptors (Lipinski definition) is 3. The van der Waals surface area contributed by atoms with Crippen LogP contribution in [0, 0.1) is 6.92 Å². The van der Waals surface area contributed by atoms with Crippen molar-refractivity contribution in [2.45, 2.75) is 32.4 Å². The first-order valence-electron chi connectivity index (χ1n) is 7.70. The van der Waals surface area contributed by atoms with E-state index in [9.17, 15) is 14.4 Å². The van der Waals surface area contributed by atoms with Crippen LogP contribution in [-0.4, -0.2) is 26.9 Å². The maximum atomic E-state index is 12.6. The number of hydrogen-bond donors (Lipinski definition) is 1. The Morgan fingerprint density at radius 3 is 2.65 bits per heavy atom. The van der Waals surface area contributed by atoms with Crippen LogP contribution in [0.4, 0.5) is 0 Å². The van der Waals surface area contributed by atoms with Gasteiger partial charge >= 0.3 is 5.69 Å². The number of amides is 1. The summed E-state index contributed by atoms with van der Waals surface area (Å²) in [4.78, 5) is 39.4. The first-order chi connectivity index (χ1) is 11.0. The van der Waals surface area contributed by atoms with Crippen molar-refractivity contribution in [1.82, 2.24) is 14.5 Å². The number of aryl methyl sites for hydroxylation is 1. The molecule has 0 aliphatic carbocycles. The topological polar surface area (TPSA) is 75.2 Å². The number of carbonyl (C=O) groups is 1. The van der Waals surface area contributed by atoms with E-state index in [0.29, 0.717) is 6.54 Å². The van der Waals surface area contributed by atoms with Gasteiger partial charge in [-0.2, -0.15) is 0 Å². The van der Waals surface area contributed by atoms with Crippen LogP contribution in [0.25, 0.3) is 0 Å². The fourth-order valence-corrected chi connectivity index (χ4v) is 3.01. The summed E-state index contributed by atoms with van der Waals surface area (Å²) in [7, 11) is 0. The molecule has 1 N–H and O–H groups in total. The van der Waals surface area contributed by atoms with Crippen molar-refractivity contribution >= 4 is 5.91 Å². The van der Waals surface area contributed by atoms with E-state index in [0.717, 1.165) is 18.4 Å². The second-order valence-electron chi connectivity index (χ2n) is 5.89. The third kappa shape index (κ3) is 3.26. The second-order valence-corrected chi connectivity index (χ2v) is 5.89. The zero-order valence-corrected chi connectivity index (χ0v) is 13.0. The molecule has 1 aliphatic rings. The Bertz CT molecular complexity index is 820. The highest BCUT2D eigenvalue weighted by Gasteiger charge is 2.29. The largest absolute Gasteiger partial charge is 0.334 e. The van der Waals surface area contributed by atoms with E-state index in [2.05, 4.69) is 17.1 Å². The molecule has 3 rings (SSSR count). The zero-order valence-electron chi connectivity index (χ0n) is 13.0.